The minimum Gasteiger partial charge on any atom is -0.389 e. The maximum absolute atomic E-state index is 9.58. The Labute approximate surface area is 96.3 Å². The van der Waals surface area contributed by atoms with Crippen molar-refractivity contribution >= 4 is 11.6 Å². The molecule has 0 aliphatic rings. The van der Waals surface area contributed by atoms with Gasteiger partial charge in [-0.25, -0.2) is 0 Å². The monoisotopic (exact) mass is 227 g/mol. The molecule has 0 saturated carbocycles. The van der Waals surface area contributed by atoms with Crippen molar-refractivity contribution in [1.29, 1.82) is 0 Å². The minimum absolute atomic E-state index is 0.190. The molecule has 1 aromatic rings. The van der Waals surface area contributed by atoms with Crippen LogP contribution in [0.1, 0.15) is 32.4 Å². The van der Waals surface area contributed by atoms with E-state index in [4.69, 9.17) is 11.6 Å². The van der Waals surface area contributed by atoms with Gasteiger partial charge in [-0.3, -0.25) is 0 Å². The van der Waals surface area contributed by atoms with Crippen molar-refractivity contribution in [3.63, 3.8) is 0 Å². The Bertz CT molecular complexity index is 320. The van der Waals surface area contributed by atoms with Crippen molar-refractivity contribution in [1.82, 2.24) is 5.32 Å². The highest BCUT2D eigenvalue weighted by Gasteiger charge is 2.14. The van der Waals surface area contributed by atoms with Crippen LogP contribution in [0.3, 0.4) is 0 Å². The summed E-state index contributed by atoms with van der Waals surface area (Å²) >= 11 is 5.90. The van der Waals surface area contributed by atoms with Gasteiger partial charge in [0.15, 0.2) is 0 Å². The predicted octanol–water partition coefficient (Wildman–Crippen LogP) is 2.76. The van der Waals surface area contributed by atoms with Gasteiger partial charge < -0.3 is 10.4 Å². The van der Waals surface area contributed by atoms with Crippen LogP contribution in [-0.4, -0.2) is 17.3 Å². The number of hydrogen-bond acceptors (Lipinski definition) is 2. The van der Waals surface area contributed by atoms with Gasteiger partial charge >= 0.3 is 0 Å². The highest BCUT2D eigenvalue weighted by molar-refractivity contribution is 6.30. The van der Waals surface area contributed by atoms with Crippen molar-refractivity contribution in [3.8, 4) is 0 Å². The molecule has 0 bridgehead atoms. The van der Waals surface area contributed by atoms with E-state index in [0.29, 0.717) is 6.54 Å². The summed E-state index contributed by atoms with van der Waals surface area (Å²) in [5.74, 6) is 0. The average Bonchev–Trinajstić information content (AvgIpc) is 2.13. The number of benzene rings is 1. The van der Waals surface area contributed by atoms with E-state index in [9.17, 15) is 5.11 Å². The lowest BCUT2D eigenvalue weighted by Gasteiger charge is -2.22. The summed E-state index contributed by atoms with van der Waals surface area (Å²) in [6.07, 6.45) is 0. The molecule has 0 amide bonds. The lowest BCUT2D eigenvalue weighted by atomic mass is 10.1. The van der Waals surface area contributed by atoms with Crippen molar-refractivity contribution in [2.75, 3.05) is 6.54 Å². The Morgan fingerprint density at radius 1 is 1.47 bits per heavy atom. The smallest absolute Gasteiger partial charge is 0.0715 e. The molecule has 0 aliphatic heterocycles. The summed E-state index contributed by atoms with van der Waals surface area (Å²) in [7, 11) is 0. The lowest BCUT2D eigenvalue weighted by molar-refractivity contribution is 0.0770. The number of halogens is 1. The quantitative estimate of drug-likeness (QED) is 0.829. The molecular formula is C12H18ClNO. The van der Waals surface area contributed by atoms with Gasteiger partial charge in [-0.2, -0.15) is 0 Å². The molecule has 1 rings (SSSR count). The summed E-state index contributed by atoms with van der Waals surface area (Å²) in [6.45, 7) is 6.17. The van der Waals surface area contributed by atoms with Crippen LogP contribution in [0, 0.1) is 0 Å². The maximum atomic E-state index is 9.58. The second-order valence-corrected chi connectivity index (χ2v) is 4.91. The molecule has 84 valence electrons. The maximum Gasteiger partial charge on any atom is 0.0715 e. The first-order valence-electron chi connectivity index (χ1n) is 5.10. The van der Waals surface area contributed by atoms with Gasteiger partial charge in [-0.1, -0.05) is 23.7 Å². The molecule has 2 nitrogen and oxygen atoms in total. The third-order valence-electron chi connectivity index (χ3n) is 2.19. The topological polar surface area (TPSA) is 32.3 Å². The Morgan fingerprint density at radius 3 is 2.67 bits per heavy atom. The minimum atomic E-state index is -0.688. The Balaban J connectivity index is 2.58. The first-order valence-corrected chi connectivity index (χ1v) is 5.47. The normalized spacial score (nSPS) is 13.9. The zero-order valence-corrected chi connectivity index (χ0v) is 10.2. The second kappa shape index (κ2) is 4.97. The van der Waals surface area contributed by atoms with Crippen molar-refractivity contribution < 1.29 is 5.11 Å². The summed E-state index contributed by atoms with van der Waals surface area (Å²) < 4.78 is 0. The highest BCUT2D eigenvalue weighted by atomic mass is 35.5. The molecule has 3 heteroatoms. The van der Waals surface area contributed by atoms with Crippen molar-refractivity contribution in [3.05, 3.63) is 34.9 Å². The lowest BCUT2D eigenvalue weighted by Crippen LogP contribution is -2.36. The van der Waals surface area contributed by atoms with Gasteiger partial charge in [0.05, 0.1) is 5.60 Å². The average molecular weight is 228 g/mol. The van der Waals surface area contributed by atoms with Crippen LogP contribution in [0.4, 0.5) is 0 Å². The molecule has 1 aromatic carbocycles. The number of hydrogen-bond donors (Lipinski definition) is 2. The molecule has 0 unspecified atom stereocenters. The number of nitrogens with one attached hydrogen (secondary N) is 1. The van der Waals surface area contributed by atoms with E-state index in [1.54, 1.807) is 13.8 Å². The fraction of sp³-hybridized carbons (Fsp3) is 0.500. The van der Waals surface area contributed by atoms with Gasteiger partial charge in [-0.15, -0.1) is 0 Å². The van der Waals surface area contributed by atoms with Crippen LogP contribution < -0.4 is 5.32 Å². The van der Waals surface area contributed by atoms with Crippen LogP contribution in [-0.2, 0) is 0 Å². The van der Waals surface area contributed by atoms with E-state index < -0.39 is 5.60 Å². The third-order valence-corrected chi connectivity index (χ3v) is 2.42. The zero-order chi connectivity index (χ0) is 11.5. The fourth-order valence-electron chi connectivity index (χ4n) is 1.30. The first-order chi connectivity index (χ1) is 6.88. The molecule has 0 aliphatic carbocycles. The summed E-state index contributed by atoms with van der Waals surface area (Å²) in [5, 5.41) is 13.6. The molecule has 1 atom stereocenters. The van der Waals surface area contributed by atoms with E-state index in [0.717, 1.165) is 10.6 Å². The summed E-state index contributed by atoms with van der Waals surface area (Å²) in [5.41, 5.74) is 0.444. The Kier molecular flexibility index (Phi) is 4.14. The molecule has 0 spiro atoms. The Hall–Kier alpha value is -0.570. The molecule has 2 N–H and O–H groups in total. The zero-order valence-electron chi connectivity index (χ0n) is 9.42. The van der Waals surface area contributed by atoms with E-state index in [1.165, 1.54) is 0 Å². The standard InChI is InChI=1S/C12H18ClNO/c1-9(14-8-12(2,3)15)10-5-4-6-11(13)7-10/h4-7,9,14-15H,8H2,1-3H3/t9-/m0/s1. The summed E-state index contributed by atoms with van der Waals surface area (Å²) in [6, 6.07) is 7.93. The van der Waals surface area contributed by atoms with Crippen LogP contribution in [0.2, 0.25) is 5.02 Å². The van der Waals surface area contributed by atoms with Crippen LogP contribution in [0.5, 0.6) is 0 Å². The van der Waals surface area contributed by atoms with Gasteiger partial charge in [0.2, 0.25) is 0 Å². The summed E-state index contributed by atoms with van der Waals surface area (Å²) in [4.78, 5) is 0. The molecule has 0 heterocycles. The van der Waals surface area contributed by atoms with E-state index >= 15 is 0 Å². The fourth-order valence-corrected chi connectivity index (χ4v) is 1.50. The SMILES string of the molecule is C[C@H](NCC(C)(C)O)c1cccc(Cl)c1. The van der Waals surface area contributed by atoms with Crippen molar-refractivity contribution in [2.45, 2.75) is 32.4 Å². The molecule has 0 radical (unpaired) electrons. The van der Waals surface area contributed by atoms with Gasteiger partial charge in [-0.05, 0) is 38.5 Å². The molecule has 0 fully saturated rings. The van der Waals surface area contributed by atoms with E-state index in [2.05, 4.69) is 12.2 Å². The van der Waals surface area contributed by atoms with Gasteiger partial charge in [0.1, 0.15) is 0 Å². The highest BCUT2D eigenvalue weighted by Crippen LogP contribution is 2.17. The van der Waals surface area contributed by atoms with E-state index in [-0.39, 0.29) is 6.04 Å². The van der Waals surface area contributed by atoms with Gasteiger partial charge in [0, 0.05) is 17.6 Å². The Morgan fingerprint density at radius 2 is 2.13 bits per heavy atom. The largest absolute Gasteiger partial charge is 0.389 e. The van der Waals surface area contributed by atoms with Crippen LogP contribution in [0.15, 0.2) is 24.3 Å². The molecular weight excluding hydrogens is 210 g/mol. The van der Waals surface area contributed by atoms with Crippen LogP contribution in [0.25, 0.3) is 0 Å². The molecule has 15 heavy (non-hydrogen) atoms. The van der Waals surface area contributed by atoms with Crippen molar-refractivity contribution in [2.24, 2.45) is 0 Å². The molecule has 0 saturated heterocycles. The third kappa shape index (κ3) is 4.65. The number of rotatable bonds is 4. The van der Waals surface area contributed by atoms with Crippen LogP contribution >= 0.6 is 11.6 Å². The second-order valence-electron chi connectivity index (χ2n) is 4.47. The van der Waals surface area contributed by atoms with Gasteiger partial charge in [0.25, 0.3) is 0 Å². The first kappa shape index (κ1) is 12.5. The van der Waals surface area contributed by atoms with E-state index in [1.807, 2.05) is 24.3 Å². The predicted molar refractivity (Wildman–Crippen MR) is 64.2 cm³/mol. The number of aliphatic hydroxyl groups is 1. The molecule has 0 aromatic heterocycles.